The van der Waals surface area contributed by atoms with E-state index in [0.717, 1.165) is 0 Å². The molecule has 0 N–H and O–H groups in total. The van der Waals surface area contributed by atoms with Crippen LogP contribution in [0.1, 0.15) is 13.8 Å². The molecule has 0 atom stereocenters. The molecule has 2 aromatic carbocycles. The summed E-state index contributed by atoms with van der Waals surface area (Å²) in [4.78, 5) is 11.7. The van der Waals surface area contributed by atoms with Gasteiger partial charge in [0.05, 0.1) is 15.9 Å². The van der Waals surface area contributed by atoms with Crippen LogP contribution in [-0.4, -0.2) is 31.1 Å². The maximum absolute atomic E-state index is 12.7. The Morgan fingerprint density at radius 3 is 1.82 bits per heavy atom. The lowest BCUT2D eigenvalue weighted by atomic mass is 10.3. The summed E-state index contributed by atoms with van der Waals surface area (Å²) in [6, 6.07) is 11.4. The van der Waals surface area contributed by atoms with Gasteiger partial charge in [-0.2, -0.15) is 0 Å². The monoisotopic (exact) mass is 466 g/mol. The number of alkyl halides is 3. The molecule has 28 heavy (non-hydrogen) atoms. The van der Waals surface area contributed by atoms with Crippen molar-refractivity contribution in [1.29, 1.82) is 0 Å². The lowest BCUT2D eigenvalue weighted by Gasteiger charge is -2.12. The highest BCUT2D eigenvalue weighted by atomic mass is 35.6. The van der Waals surface area contributed by atoms with Crippen molar-refractivity contribution in [2.75, 3.05) is 6.61 Å². The zero-order valence-electron chi connectivity index (χ0n) is 14.9. The van der Waals surface area contributed by atoms with Crippen LogP contribution in [0.4, 0.5) is 4.79 Å². The van der Waals surface area contributed by atoms with Gasteiger partial charge in [-0.3, -0.25) is 0 Å². The van der Waals surface area contributed by atoms with E-state index in [9.17, 15) is 13.2 Å². The molecule has 0 aliphatic rings. The molecule has 10 heteroatoms. The van der Waals surface area contributed by atoms with E-state index >= 15 is 0 Å². The normalized spacial score (nSPS) is 11.9. The second kappa shape index (κ2) is 9.22. The molecular formula is C18H17Cl3O6S. The fourth-order valence-electron chi connectivity index (χ4n) is 2.06. The first-order valence-corrected chi connectivity index (χ1v) is 10.6. The van der Waals surface area contributed by atoms with Crippen molar-refractivity contribution in [3.63, 3.8) is 0 Å². The van der Waals surface area contributed by atoms with Crippen LogP contribution in [0.3, 0.4) is 0 Å². The molecule has 0 amide bonds. The summed E-state index contributed by atoms with van der Waals surface area (Å²) >= 11 is 16.4. The quantitative estimate of drug-likeness (QED) is 0.330. The van der Waals surface area contributed by atoms with Gasteiger partial charge in [-0.25, -0.2) is 13.2 Å². The molecule has 0 saturated heterocycles. The minimum Gasteiger partial charge on any atom is -0.491 e. The van der Waals surface area contributed by atoms with Crippen LogP contribution in [-0.2, 0) is 14.6 Å². The highest BCUT2D eigenvalue weighted by Gasteiger charge is 2.23. The van der Waals surface area contributed by atoms with Crippen LogP contribution in [0.2, 0.25) is 0 Å². The van der Waals surface area contributed by atoms with Gasteiger partial charge in [0.15, 0.2) is 0 Å². The molecule has 0 fully saturated rings. The molecule has 2 rings (SSSR count). The Kier molecular flexibility index (Phi) is 7.45. The van der Waals surface area contributed by atoms with E-state index in [1.54, 1.807) is 12.1 Å². The minimum atomic E-state index is -3.74. The highest BCUT2D eigenvalue weighted by Crippen LogP contribution is 2.27. The number of sulfone groups is 1. The summed E-state index contributed by atoms with van der Waals surface area (Å²) < 4.78 is 38.7. The summed E-state index contributed by atoms with van der Waals surface area (Å²) in [6.07, 6.45) is -1.10. The molecule has 0 unspecified atom stereocenters. The molecule has 0 bridgehead atoms. The molecule has 0 heterocycles. The van der Waals surface area contributed by atoms with E-state index in [4.69, 9.17) is 44.3 Å². The van der Waals surface area contributed by atoms with E-state index in [1.165, 1.54) is 36.4 Å². The van der Waals surface area contributed by atoms with Gasteiger partial charge in [-0.15, -0.1) is 0 Å². The number of ether oxygens (including phenoxy) is 3. The van der Waals surface area contributed by atoms with Crippen molar-refractivity contribution in [2.24, 2.45) is 0 Å². The first kappa shape index (κ1) is 22.6. The van der Waals surface area contributed by atoms with Crippen molar-refractivity contribution in [3.05, 3.63) is 48.5 Å². The van der Waals surface area contributed by atoms with Gasteiger partial charge in [0, 0.05) is 0 Å². The average molecular weight is 468 g/mol. The fourth-order valence-corrected chi connectivity index (χ4v) is 3.48. The standard InChI is InChI=1S/C18H17Cl3O6S/c1-12(2)26-13-3-7-15(8-4-13)28(23,24)16-9-5-14(6-10-16)27-17(22)25-11-18(19,20)21/h3-10,12H,11H2,1-2H3. The van der Waals surface area contributed by atoms with Gasteiger partial charge in [-0.1, -0.05) is 34.8 Å². The van der Waals surface area contributed by atoms with E-state index in [-0.39, 0.29) is 21.6 Å². The molecule has 0 aliphatic heterocycles. The largest absolute Gasteiger partial charge is 0.513 e. The molecule has 6 nitrogen and oxygen atoms in total. The highest BCUT2D eigenvalue weighted by molar-refractivity contribution is 7.91. The number of halogens is 3. The number of hydrogen-bond acceptors (Lipinski definition) is 6. The third-order valence-electron chi connectivity index (χ3n) is 3.19. The van der Waals surface area contributed by atoms with Gasteiger partial charge >= 0.3 is 6.16 Å². The number of carbonyl (C=O) groups is 1. The van der Waals surface area contributed by atoms with Crippen LogP contribution in [0.15, 0.2) is 58.3 Å². The lowest BCUT2D eigenvalue weighted by Crippen LogP contribution is -2.19. The van der Waals surface area contributed by atoms with E-state index < -0.39 is 26.4 Å². The van der Waals surface area contributed by atoms with Gasteiger partial charge in [0.25, 0.3) is 0 Å². The van der Waals surface area contributed by atoms with Crippen molar-refractivity contribution in [3.8, 4) is 11.5 Å². The van der Waals surface area contributed by atoms with Crippen LogP contribution < -0.4 is 9.47 Å². The van der Waals surface area contributed by atoms with Crippen molar-refractivity contribution in [1.82, 2.24) is 0 Å². The van der Waals surface area contributed by atoms with Gasteiger partial charge in [-0.05, 0) is 62.4 Å². The Morgan fingerprint density at radius 1 is 0.929 bits per heavy atom. The van der Waals surface area contributed by atoms with E-state index in [0.29, 0.717) is 5.75 Å². The summed E-state index contributed by atoms with van der Waals surface area (Å²) in [5.41, 5.74) is 0. The van der Waals surface area contributed by atoms with Crippen LogP contribution in [0.5, 0.6) is 11.5 Å². The van der Waals surface area contributed by atoms with Crippen LogP contribution in [0.25, 0.3) is 0 Å². The van der Waals surface area contributed by atoms with Crippen molar-refractivity contribution >= 4 is 50.8 Å². The Bertz CT molecular complexity index is 904. The third-order valence-corrected chi connectivity index (χ3v) is 5.31. The Balaban J connectivity index is 2.08. The molecule has 0 aliphatic carbocycles. The molecule has 0 radical (unpaired) electrons. The van der Waals surface area contributed by atoms with Crippen LogP contribution in [0, 0.1) is 0 Å². The predicted molar refractivity (Wildman–Crippen MR) is 106 cm³/mol. The molecule has 0 aromatic heterocycles. The fraction of sp³-hybridized carbons (Fsp3) is 0.278. The smallest absolute Gasteiger partial charge is 0.491 e. The molecule has 0 saturated carbocycles. The number of hydrogen-bond donors (Lipinski definition) is 0. The summed E-state index contributed by atoms with van der Waals surface area (Å²) in [5.74, 6) is 0.653. The second-order valence-electron chi connectivity index (χ2n) is 5.87. The van der Waals surface area contributed by atoms with E-state index in [2.05, 4.69) is 4.74 Å². The zero-order valence-corrected chi connectivity index (χ0v) is 18.0. The second-order valence-corrected chi connectivity index (χ2v) is 10.3. The SMILES string of the molecule is CC(C)Oc1ccc(S(=O)(=O)c2ccc(OC(=O)OCC(Cl)(Cl)Cl)cc2)cc1. The lowest BCUT2D eigenvalue weighted by molar-refractivity contribution is 0.101. The van der Waals surface area contributed by atoms with Gasteiger partial charge in [0.2, 0.25) is 13.6 Å². The zero-order chi connectivity index (χ0) is 20.9. The summed E-state index contributed by atoms with van der Waals surface area (Å²) in [7, 11) is -3.74. The molecule has 152 valence electrons. The average Bonchev–Trinajstić information content (AvgIpc) is 2.60. The Morgan fingerprint density at radius 2 is 1.39 bits per heavy atom. The Labute approximate surface area is 178 Å². The Hall–Kier alpha value is -1.67. The predicted octanol–water partition coefficient (Wildman–Crippen LogP) is 5.19. The molecule has 0 spiro atoms. The minimum absolute atomic E-state index is 0.0172. The molecule has 2 aromatic rings. The summed E-state index contributed by atoms with van der Waals surface area (Å²) in [5, 5.41) is 0. The van der Waals surface area contributed by atoms with Gasteiger partial charge in [0.1, 0.15) is 18.1 Å². The maximum Gasteiger partial charge on any atom is 0.513 e. The number of benzene rings is 2. The first-order chi connectivity index (χ1) is 13.0. The topological polar surface area (TPSA) is 78.9 Å². The first-order valence-electron chi connectivity index (χ1n) is 8.00. The number of carbonyl (C=O) groups excluding carboxylic acids is 1. The molecular weight excluding hydrogens is 451 g/mol. The maximum atomic E-state index is 12.7. The van der Waals surface area contributed by atoms with E-state index in [1.807, 2.05) is 13.8 Å². The third kappa shape index (κ3) is 6.74. The van der Waals surface area contributed by atoms with Crippen molar-refractivity contribution < 1.29 is 27.4 Å². The van der Waals surface area contributed by atoms with Crippen LogP contribution >= 0.6 is 34.8 Å². The number of rotatable bonds is 6. The summed E-state index contributed by atoms with van der Waals surface area (Å²) in [6.45, 7) is 3.27. The van der Waals surface area contributed by atoms with Gasteiger partial charge < -0.3 is 14.2 Å². The van der Waals surface area contributed by atoms with Crippen molar-refractivity contribution in [2.45, 2.75) is 33.5 Å².